The van der Waals surface area contributed by atoms with Gasteiger partial charge in [0.05, 0.1) is 17.2 Å². The molecule has 110 valence electrons. The molecule has 0 aliphatic carbocycles. The summed E-state index contributed by atoms with van der Waals surface area (Å²) in [6.45, 7) is 1.90. The van der Waals surface area contributed by atoms with Gasteiger partial charge in [-0.1, -0.05) is 6.08 Å². The van der Waals surface area contributed by atoms with Gasteiger partial charge in [-0.25, -0.2) is 9.78 Å². The summed E-state index contributed by atoms with van der Waals surface area (Å²) in [4.78, 5) is 29.8. The van der Waals surface area contributed by atoms with Crippen molar-refractivity contribution in [1.82, 2.24) is 9.88 Å². The molecule has 1 amide bonds. The van der Waals surface area contributed by atoms with Crippen molar-refractivity contribution in [1.29, 1.82) is 0 Å². The molecule has 21 heavy (non-hydrogen) atoms. The molecule has 2 aliphatic rings. The van der Waals surface area contributed by atoms with Crippen LogP contribution in [-0.4, -0.2) is 39.0 Å². The van der Waals surface area contributed by atoms with Crippen LogP contribution in [-0.2, 0) is 9.59 Å². The molecule has 6 nitrogen and oxygen atoms in total. The molecule has 3 rings (SSSR count). The van der Waals surface area contributed by atoms with E-state index in [1.54, 1.807) is 11.6 Å². The molecular formula is C14H15N3O3S. The summed E-state index contributed by atoms with van der Waals surface area (Å²) >= 11 is 1.50. The Morgan fingerprint density at radius 2 is 2.33 bits per heavy atom. The summed E-state index contributed by atoms with van der Waals surface area (Å²) in [7, 11) is 0. The molecule has 0 bridgehead atoms. The van der Waals surface area contributed by atoms with Gasteiger partial charge in [0.15, 0.2) is 0 Å². The first-order valence-corrected chi connectivity index (χ1v) is 7.52. The maximum absolute atomic E-state index is 11.8. The number of carbonyl (C=O) groups is 2. The number of fused-ring (bicyclic) bond motifs is 1. The van der Waals surface area contributed by atoms with Crippen LogP contribution in [0.2, 0.25) is 0 Å². The Hall–Kier alpha value is -1.99. The van der Waals surface area contributed by atoms with Crippen molar-refractivity contribution < 1.29 is 14.7 Å². The number of aromatic nitrogens is 1. The maximum Gasteiger partial charge on any atom is 0.352 e. The molecule has 1 aromatic heterocycles. The number of aryl methyl sites for hydroxylation is 1. The Labute approximate surface area is 125 Å². The molecule has 0 radical (unpaired) electrons. The van der Waals surface area contributed by atoms with Crippen molar-refractivity contribution in [3.8, 4) is 0 Å². The number of hydrogen-bond acceptors (Lipinski definition) is 5. The van der Waals surface area contributed by atoms with Crippen LogP contribution < -0.4 is 5.73 Å². The van der Waals surface area contributed by atoms with Gasteiger partial charge in [-0.05, 0) is 31.4 Å². The van der Waals surface area contributed by atoms with Crippen molar-refractivity contribution in [3.63, 3.8) is 0 Å². The summed E-state index contributed by atoms with van der Waals surface area (Å²) in [5, 5.41) is 9.41. The monoisotopic (exact) mass is 305 g/mol. The van der Waals surface area contributed by atoms with Gasteiger partial charge >= 0.3 is 5.97 Å². The zero-order valence-electron chi connectivity index (χ0n) is 11.4. The average Bonchev–Trinajstić information content (AvgIpc) is 2.88. The van der Waals surface area contributed by atoms with Gasteiger partial charge in [0, 0.05) is 4.88 Å². The Kier molecular flexibility index (Phi) is 3.38. The fourth-order valence-electron chi connectivity index (χ4n) is 2.78. The minimum absolute atomic E-state index is 0.0661. The molecule has 1 aromatic rings. The number of nitrogens with two attached hydrogens (primary N) is 1. The van der Waals surface area contributed by atoms with E-state index in [9.17, 15) is 14.7 Å². The SMILES string of the molecule is Cc1ncsc1C=CC1=C(C(=O)O)N2C(=O)[C@@H](N)[C@H]2CC1. The number of carbonyl (C=O) groups excluding carboxylic acids is 1. The summed E-state index contributed by atoms with van der Waals surface area (Å²) in [5.41, 5.74) is 9.10. The largest absolute Gasteiger partial charge is 0.477 e. The molecule has 1 saturated heterocycles. The van der Waals surface area contributed by atoms with E-state index >= 15 is 0 Å². The number of carboxylic acid groups (broad SMARTS) is 1. The van der Waals surface area contributed by atoms with Crippen LogP contribution in [0.5, 0.6) is 0 Å². The van der Waals surface area contributed by atoms with Crippen molar-refractivity contribution in [3.05, 3.63) is 33.4 Å². The zero-order chi connectivity index (χ0) is 15.1. The van der Waals surface area contributed by atoms with E-state index in [0.717, 1.165) is 10.6 Å². The number of nitrogens with zero attached hydrogens (tertiary/aromatic N) is 2. The Morgan fingerprint density at radius 3 is 2.95 bits per heavy atom. The van der Waals surface area contributed by atoms with Gasteiger partial charge in [-0.3, -0.25) is 9.69 Å². The molecule has 0 aromatic carbocycles. The molecular weight excluding hydrogens is 290 g/mol. The van der Waals surface area contributed by atoms with E-state index in [2.05, 4.69) is 4.98 Å². The van der Waals surface area contributed by atoms with Gasteiger partial charge in [0.1, 0.15) is 11.7 Å². The number of rotatable bonds is 3. The fraction of sp³-hybridized carbons (Fsp3) is 0.357. The first-order valence-electron chi connectivity index (χ1n) is 6.64. The summed E-state index contributed by atoms with van der Waals surface area (Å²) < 4.78 is 0. The fourth-order valence-corrected chi connectivity index (χ4v) is 3.47. The minimum Gasteiger partial charge on any atom is -0.477 e. The lowest BCUT2D eigenvalue weighted by molar-refractivity contribution is -0.152. The number of allylic oxidation sites excluding steroid dienone is 2. The first kappa shape index (κ1) is 14.0. The number of amides is 1. The molecule has 1 fully saturated rings. The van der Waals surface area contributed by atoms with E-state index in [0.29, 0.717) is 18.4 Å². The number of aliphatic carboxylic acids is 1. The lowest BCUT2D eigenvalue weighted by atomic mass is 9.84. The topological polar surface area (TPSA) is 96.5 Å². The van der Waals surface area contributed by atoms with Crippen LogP contribution >= 0.6 is 11.3 Å². The maximum atomic E-state index is 11.8. The van der Waals surface area contributed by atoms with Crippen LogP contribution in [0.15, 0.2) is 22.9 Å². The van der Waals surface area contributed by atoms with Crippen molar-refractivity contribution in [2.45, 2.75) is 31.8 Å². The summed E-state index contributed by atoms with van der Waals surface area (Å²) in [6.07, 6.45) is 4.94. The summed E-state index contributed by atoms with van der Waals surface area (Å²) in [6, 6.07) is -0.737. The highest BCUT2D eigenvalue weighted by atomic mass is 32.1. The molecule has 7 heteroatoms. The average molecular weight is 305 g/mol. The number of carboxylic acids is 1. The third-order valence-electron chi connectivity index (χ3n) is 3.94. The predicted octanol–water partition coefficient (Wildman–Crippen LogP) is 1.14. The van der Waals surface area contributed by atoms with E-state index in [-0.39, 0.29) is 17.6 Å². The quantitative estimate of drug-likeness (QED) is 0.816. The predicted molar refractivity (Wildman–Crippen MR) is 78.4 cm³/mol. The third kappa shape index (κ3) is 2.18. The zero-order valence-corrected chi connectivity index (χ0v) is 12.3. The van der Waals surface area contributed by atoms with Crippen molar-refractivity contribution in [2.24, 2.45) is 5.73 Å². The Morgan fingerprint density at radius 1 is 1.57 bits per heavy atom. The molecule has 2 atom stereocenters. The number of thiazole rings is 1. The molecule has 3 N–H and O–H groups in total. The van der Waals surface area contributed by atoms with Crippen molar-refractivity contribution >= 4 is 29.3 Å². The van der Waals surface area contributed by atoms with Gasteiger partial charge in [0.2, 0.25) is 5.91 Å². The van der Waals surface area contributed by atoms with Crippen molar-refractivity contribution in [2.75, 3.05) is 0 Å². The van der Waals surface area contributed by atoms with Gasteiger partial charge in [-0.15, -0.1) is 11.3 Å². The van der Waals surface area contributed by atoms with Gasteiger partial charge in [0.25, 0.3) is 0 Å². The van der Waals surface area contributed by atoms with Crippen LogP contribution in [0.1, 0.15) is 23.4 Å². The minimum atomic E-state index is -1.08. The van der Waals surface area contributed by atoms with E-state index in [1.807, 2.05) is 13.0 Å². The second-order valence-electron chi connectivity index (χ2n) is 5.15. The lowest BCUT2D eigenvalue weighted by Gasteiger charge is -2.48. The Bertz CT molecular complexity index is 677. The van der Waals surface area contributed by atoms with Crippen LogP contribution in [0, 0.1) is 6.92 Å². The molecule has 0 unspecified atom stereocenters. The highest BCUT2D eigenvalue weighted by Crippen LogP contribution is 2.36. The van der Waals surface area contributed by atoms with Crippen LogP contribution in [0.25, 0.3) is 6.08 Å². The standard InChI is InChI=1S/C14H15N3O3S/c1-7-10(21-6-16-7)5-3-8-2-4-9-11(15)13(18)17(9)12(8)14(19)20/h3,5-6,9,11H,2,4,15H2,1H3,(H,19,20)/t9-,11+/m1/s1. The molecule has 3 heterocycles. The third-order valence-corrected chi connectivity index (χ3v) is 4.84. The van der Waals surface area contributed by atoms with Gasteiger partial charge in [-0.2, -0.15) is 0 Å². The molecule has 2 aliphatic heterocycles. The van der Waals surface area contributed by atoms with Crippen LogP contribution in [0.4, 0.5) is 0 Å². The van der Waals surface area contributed by atoms with E-state index < -0.39 is 12.0 Å². The smallest absolute Gasteiger partial charge is 0.352 e. The second-order valence-corrected chi connectivity index (χ2v) is 6.04. The second kappa shape index (κ2) is 5.09. The molecule has 0 spiro atoms. The normalized spacial score (nSPS) is 25.2. The number of β-lactam (4-membered cyclic amide) rings is 1. The van der Waals surface area contributed by atoms with Gasteiger partial charge < -0.3 is 10.8 Å². The number of hydrogen-bond donors (Lipinski definition) is 2. The highest BCUT2D eigenvalue weighted by molar-refractivity contribution is 7.10. The van der Waals surface area contributed by atoms with E-state index in [1.165, 1.54) is 16.2 Å². The van der Waals surface area contributed by atoms with Crippen LogP contribution in [0.3, 0.4) is 0 Å². The highest BCUT2D eigenvalue weighted by Gasteiger charge is 2.50. The van der Waals surface area contributed by atoms with E-state index in [4.69, 9.17) is 5.73 Å². The first-order chi connectivity index (χ1) is 10.0. The summed E-state index contributed by atoms with van der Waals surface area (Å²) in [5.74, 6) is -1.39. The Balaban J connectivity index is 1.95. The molecule has 0 saturated carbocycles. The lowest BCUT2D eigenvalue weighted by Crippen LogP contribution is -2.69.